The van der Waals surface area contributed by atoms with E-state index in [4.69, 9.17) is 9.57 Å². The predicted molar refractivity (Wildman–Crippen MR) is 64.3 cm³/mol. The third kappa shape index (κ3) is 2.19. The van der Waals surface area contributed by atoms with Gasteiger partial charge in [-0.05, 0) is 18.2 Å². The minimum atomic E-state index is -0.188. The van der Waals surface area contributed by atoms with E-state index in [1.807, 2.05) is 13.1 Å². The molecule has 1 amide bonds. The number of hydrogen-bond donors (Lipinski definition) is 0. The second kappa shape index (κ2) is 4.63. The first-order valence-electron chi connectivity index (χ1n) is 5.43. The first-order chi connectivity index (χ1) is 8.13. The maximum atomic E-state index is 11.9. The number of carbonyl (C=O) groups is 1. The van der Waals surface area contributed by atoms with Gasteiger partial charge >= 0.3 is 0 Å². The van der Waals surface area contributed by atoms with Crippen LogP contribution in [0.2, 0.25) is 0 Å². The Morgan fingerprint density at radius 3 is 3.00 bits per heavy atom. The van der Waals surface area contributed by atoms with Gasteiger partial charge in [0.15, 0.2) is 0 Å². The molecule has 0 aromatic heterocycles. The molecule has 0 unspecified atom stereocenters. The highest BCUT2D eigenvalue weighted by Gasteiger charge is 2.18. The van der Waals surface area contributed by atoms with Crippen LogP contribution in [0.25, 0.3) is 0 Å². The van der Waals surface area contributed by atoms with Crippen molar-refractivity contribution in [3.8, 4) is 5.75 Å². The lowest BCUT2D eigenvalue weighted by Crippen LogP contribution is -2.29. The fourth-order valence-corrected chi connectivity index (χ4v) is 1.76. The van der Waals surface area contributed by atoms with Crippen molar-refractivity contribution < 1.29 is 14.4 Å². The minimum Gasteiger partial charge on any atom is -0.490 e. The van der Waals surface area contributed by atoms with Gasteiger partial charge in [0.1, 0.15) is 12.4 Å². The van der Waals surface area contributed by atoms with Crippen LogP contribution in [0.3, 0.4) is 0 Å². The highest BCUT2D eigenvalue weighted by atomic mass is 16.7. The number of hydroxylamine groups is 2. The molecule has 1 aromatic carbocycles. The van der Waals surface area contributed by atoms with E-state index in [9.17, 15) is 4.79 Å². The Balaban J connectivity index is 2.30. The molecule has 17 heavy (non-hydrogen) atoms. The molecule has 0 radical (unpaired) electrons. The zero-order valence-corrected chi connectivity index (χ0v) is 10.3. The van der Waals surface area contributed by atoms with Crippen molar-refractivity contribution in [2.24, 2.45) is 0 Å². The quantitative estimate of drug-likeness (QED) is 0.722. The van der Waals surface area contributed by atoms with Crippen LogP contribution >= 0.6 is 0 Å². The zero-order valence-electron chi connectivity index (χ0n) is 10.3. The van der Waals surface area contributed by atoms with Crippen molar-refractivity contribution in [3.63, 3.8) is 0 Å². The van der Waals surface area contributed by atoms with Crippen LogP contribution in [0.1, 0.15) is 10.4 Å². The van der Waals surface area contributed by atoms with Crippen LogP contribution in [-0.4, -0.2) is 45.3 Å². The second-order valence-electron chi connectivity index (χ2n) is 3.94. The lowest BCUT2D eigenvalue weighted by molar-refractivity contribution is -0.0757. The van der Waals surface area contributed by atoms with E-state index in [-0.39, 0.29) is 5.91 Å². The number of amides is 1. The maximum absolute atomic E-state index is 11.9. The molecule has 1 heterocycles. The largest absolute Gasteiger partial charge is 0.490 e. The Bertz CT molecular complexity index is 434. The maximum Gasteiger partial charge on any atom is 0.277 e. The van der Waals surface area contributed by atoms with Crippen LogP contribution in [0, 0.1) is 0 Å². The molecule has 0 saturated carbocycles. The monoisotopic (exact) mass is 236 g/mol. The van der Waals surface area contributed by atoms with Gasteiger partial charge in [-0.25, -0.2) is 5.06 Å². The van der Waals surface area contributed by atoms with Crippen LogP contribution in [0.4, 0.5) is 5.69 Å². The standard InChI is InChI=1S/C12H16N2O3/c1-13-6-7-17-11-8-9(4-5-10(11)13)12(15)14(2)16-3/h4-5,8H,6-7H2,1-3H3. The second-order valence-corrected chi connectivity index (χ2v) is 3.94. The molecule has 0 spiro atoms. The van der Waals surface area contributed by atoms with Gasteiger partial charge in [-0.15, -0.1) is 0 Å². The summed E-state index contributed by atoms with van der Waals surface area (Å²) >= 11 is 0. The Kier molecular flexibility index (Phi) is 3.19. The molecule has 0 atom stereocenters. The predicted octanol–water partition coefficient (Wildman–Crippen LogP) is 1.15. The number of anilines is 1. The lowest BCUT2D eigenvalue weighted by Gasteiger charge is -2.28. The molecule has 5 heteroatoms. The summed E-state index contributed by atoms with van der Waals surface area (Å²) in [4.78, 5) is 18.8. The third-order valence-corrected chi connectivity index (χ3v) is 2.86. The van der Waals surface area contributed by atoms with Gasteiger partial charge in [-0.1, -0.05) is 0 Å². The molecule has 92 valence electrons. The van der Waals surface area contributed by atoms with E-state index >= 15 is 0 Å². The molecule has 2 rings (SSSR count). The van der Waals surface area contributed by atoms with Gasteiger partial charge < -0.3 is 9.64 Å². The van der Waals surface area contributed by atoms with E-state index in [1.54, 1.807) is 19.2 Å². The summed E-state index contributed by atoms with van der Waals surface area (Å²) < 4.78 is 5.54. The topological polar surface area (TPSA) is 42.0 Å². The van der Waals surface area contributed by atoms with Gasteiger partial charge in [0.05, 0.1) is 19.3 Å². The average molecular weight is 236 g/mol. The van der Waals surface area contributed by atoms with Gasteiger partial charge in [-0.3, -0.25) is 9.63 Å². The van der Waals surface area contributed by atoms with Gasteiger partial charge in [0.2, 0.25) is 0 Å². The summed E-state index contributed by atoms with van der Waals surface area (Å²) in [6.45, 7) is 1.50. The first-order valence-corrected chi connectivity index (χ1v) is 5.43. The fraction of sp³-hybridized carbons (Fsp3) is 0.417. The highest BCUT2D eigenvalue weighted by molar-refractivity contribution is 5.94. The normalized spacial score (nSPS) is 13.9. The number of carbonyl (C=O) groups excluding carboxylic acids is 1. The van der Waals surface area contributed by atoms with E-state index in [0.29, 0.717) is 12.2 Å². The molecular weight excluding hydrogens is 220 g/mol. The van der Waals surface area contributed by atoms with Crippen molar-refractivity contribution >= 4 is 11.6 Å². The third-order valence-electron chi connectivity index (χ3n) is 2.86. The van der Waals surface area contributed by atoms with E-state index in [1.165, 1.54) is 12.2 Å². The summed E-state index contributed by atoms with van der Waals surface area (Å²) in [6, 6.07) is 5.43. The minimum absolute atomic E-state index is 0.188. The molecule has 5 nitrogen and oxygen atoms in total. The van der Waals surface area contributed by atoms with Crippen LogP contribution in [0.15, 0.2) is 18.2 Å². The molecule has 0 saturated heterocycles. The van der Waals surface area contributed by atoms with Crippen molar-refractivity contribution in [1.29, 1.82) is 0 Å². The summed E-state index contributed by atoms with van der Waals surface area (Å²) in [6.07, 6.45) is 0. The summed E-state index contributed by atoms with van der Waals surface area (Å²) in [5, 5.41) is 1.19. The number of likely N-dealkylation sites (N-methyl/N-ethyl adjacent to an activating group) is 1. The Labute approximate surface area is 100 Å². The first kappa shape index (κ1) is 11.7. The Hall–Kier alpha value is -1.75. The average Bonchev–Trinajstić information content (AvgIpc) is 2.37. The lowest BCUT2D eigenvalue weighted by atomic mass is 10.1. The van der Waals surface area contributed by atoms with Gasteiger partial charge in [0, 0.05) is 19.7 Å². The summed E-state index contributed by atoms with van der Waals surface area (Å²) in [5.74, 6) is 0.557. The van der Waals surface area contributed by atoms with Crippen molar-refractivity contribution in [2.75, 3.05) is 39.3 Å². The van der Waals surface area contributed by atoms with Crippen LogP contribution in [0.5, 0.6) is 5.75 Å². The van der Waals surface area contributed by atoms with Crippen LogP contribution in [-0.2, 0) is 4.84 Å². The number of fused-ring (bicyclic) bond motifs is 1. The summed E-state index contributed by atoms with van der Waals surface area (Å²) in [5.41, 5.74) is 1.57. The molecule has 1 aromatic rings. The Morgan fingerprint density at radius 2 is 2.29 bits per heavy atom. The summed E-state index contributed by atoms with van der Waals surface area (Å²) in [7, 11) is 5.04. The Morgan fingerprint density at radius 1 is 1.53 bits per heavy atom. The van der Waals surface area contributed by atoms with E-state index in [2.05, 4.69) is 4.90 Å². The molecule has 0 fully saturated rings. The molecule has 0 aliphatic carbocycles. The van der Waals surface area contributed by atoms with Crippen molar-refractivity contribution in [2.45, 2.75) is 0 Å². The van der Waals surface area contributed by atoms with Crippen molar-refractivity contribution in [1.82, 2.24) is 5.06 Å². The van der Waals surface area contributed by atoms with E-state index < -0.39 is 0 Å². The molecule has 1 aliphatic rings. The molecular formula is C12H16N2O3. The number of hydrogen-bond acceptors (Lipinski definition) is 4. The number of rotatable bonds is 2. The fourth-order valence-electron chi connectivity index (χ4n) is 1.76. The van der Waals surface area contributed by atoms with Gasteiger partial charge in [0.25, 0.3) is 5.91 Å². The molecule has 0 N–H and O–H groups in total. The number of nitrogens with zero attached hydrogens (tertiary/aromatic N) is 2. The zero-order chi connectivity index (χ0) is 12.4. The molecule has 1 aliphatic heterocycles. The van der Waals surface area contributed by atoms with Gasteiger partial charge in [-0.2, -0.15) is 0 Å². The number of ether oxygens (including phenoxy) is 1. The molecule has 0 bridgehead atoms. The smallest absolute Gasteiger partial charge is 0.277 e. The van der Waals surface area contributed by atoms with Crippen molar-refractivity contribution in [3.05, 3.63) is 23.8 Å². The van der Waals surface area contributed by atoms with E-state index in [0.717, 1.165) is 18.0 Å². The highest BCUT2D eigenvalue weighted by Crippen LogP contribution is 2.31. The number of benzene rings is 1. The SMILES string of the molecule is CON(C)C(=O)c1ccc2c(c1)OCCN2C. The van der Waals surface area contributed by atoms with Crippen LogP contribution < -0.4 is 9.64 Å².